The first kappa shape index (κ1) is 20.0. The van der Waals surface area contributed by atoms with Crippen molar-refractivity contribution in [2.75, 3.05) is 32.5 Å². The minimum Gasteiger partial charge on any atom is -0.299 e. The van der Waals surface area contributed by atoms with Crippen molar-refractivity contribution < 1.29 is 9.40 Å². The highest BCUT2D eigenvalue weighted by Crippen LogP contribution is 2.17. The molecular weight excluding hydrogens is 269 g/mol. The molecule has 3 nitrogen and oxygen atoms in total. The maximum Gasteiger partial charge on any atom is 0.335 e. The monoisotopic (exact) mass is 304 g/mol. The minimum atomic E-state index is -0.910. The first-order chi connectivity index (χ1) is 9.70. The van der Waals surface area contributed by atoms with E-state index < -0.39 is 7.80 Å². The molecule has 20 heavy (non-hydrogen) atoms. The lowest BCUT2D eigenvalue weighted by atomic mass is 10.1. The van der Waals surface area contributed by atoms with Gasteiger partial charge in [-0.1, -0.05) is 56.9 Å². The number of nitrogens with zero attached hydrogens (tertiary/aromatic N) is 1. The zero-order valence-corrected chi connectivity index (χ0v) is 14.8. The number of rotatable bonds is 15. The Hall–Kier alpha value is 0.0200. The Morgan fingerprint density at radius 1 is 0.800 bits per heavy atom. The molecular formula is C16H35NO2P+. The summed E-state index contributed by atoms with van der Waals surface area (Å²) in [4.78, 5) is 5.64. The van der Waals surface area contributed by atoms with Crippen LogP contribution in [-0.2, 0) is 9.40 Å². The maximum absolute atomic E-state index is 10.9. The topological polar surface area (TPSA) is 29.5 Å². The molecule has 0 N–H and O–H groups in total. The van der Waals surface area contributed by atoms with Crippen LogP contribution in [0.2, 0.25) is 0 Å². The smallest absolute Gasteiger partial charge is 0.299 e. The van der Waals surface area contributed by atoms with E-state index in [4.69, 9.17) is 4.84 Å². The van der Waals surface area contributed by atoms with E-state index in [9.17, 15) is 4.57 Å². The van der Waals surface area contributed by atoms with Crippen LogP contribution in [0.3, 0.4) is 0 Å². The van der Waals surface area contributed by atoms with E-state index in [1.54, 1.807) is 0 Å². The Kier molecular flexibility index (Phi) is 15.4. The lowest BCUT2D eigenvalue weighted by molar-refractivity contribution is -0.153. The second kappa shape index (κ2) is 15.4. The van der Waals surface area contributed by atoms with Crippen molar-refractivity contribution >= 4 is 7.80 Å². The van der Waals surface area contributed by atoms with Crippen molar-refractivity contribution in [3.63, 3.8) is 0 Å². The van der Waals surface area contributed by atoms with Crippen LogP contribution in [0.25, 0.3) is 0 Å². The van der Waals surface area contributed by atoms with Crippen molar-refractivity contribution in [1.82, 2.24) is 5.06 Å². The summed E-state index contributed by atoms with van der Waals surface area (Å²) >= 11 is 0. The third-order valence-corrected chi connectivity index (χ3v) is 4.54. The maximum atomic E-state index is 10.9. The van der Waals surface area contributed by atoms with Crippen LogP contribution in [0.5, 0.6) is 0 Å². The summed E-state index contributed by atoms with van der Waals surface area (Å²) < 4.78 is 10.9. The largest absolute Gasteiger partial charge is 0.335 e. The number of unbranched alkanes of at least 4 members (excludes halogenated alkanes) is 8. The fraction of sp³-hybridized carbons (Fsp3) is 1.00. The summed E-state index contributed by atoms with van der Waals surface area (Å²) in [5.41, 5.74) is 0. The normalized spacial score (nSPS) is 12.1. The molecule has 0 rings (SSSR count). The van der Waals surface area contributed by atoms with Gasteiger partial charge in [-0.25, -0.2) is 0 Å². The van der Waals surface area contributed by atoms with Crippen LogP contribution in [0, 0.1) is 0 Å². The van der Waals surface area contributed by atoms with Gasteiger partial charge in [0.05, 0.1) is 6.61 Å². The predicted molar refractivity (Wildman–Crippen MR) is 88.8 cm³/mol. The summed E-state index contributed by atoms with van der Waals surface area (Å²) in [6, 6.07) is 0. The molecule has 1 unspecified atom stereocenters. The fourth-order valence-corrected chi connectivity index (χ4v) is 2.94. The Morgan fingerprint density at radius 3 is 1.70 bits per heavy atom. The van der Waals surface area contributed by atoms with Crippen molar-refractivity contribution in [1.29, 1.82) is 0 Å². The molecule has 120 valence electrons. The summed E-state index contributed by atoms with van der Waals surface area (Å²) in [7, 11) is -0.910. The van der Waals surface area contributed by atoms with Gasteiger partial charge in [0, 0.05) is 13.1 Å². The van der Waals surface area contributed by atoms with Gasteiger partial charge < -0.3 is 0 Å². The van der Waals surface area contributed by atoms with Crippen molar-refractivity contribution in [2.24, 2.45) is 0 Å². The highest BCUT2D eigenvalue weighted by atomic mass is 31.1. The van der Waals surface area contributed by atoms with Crippen molar-refractivity contribution in [2.45, 2.75) is 71.6 Å². The van der Waals surface area contributed by atoms with Crippen LogP contribution in [0.1, 0.15) is 71.6 Å². The molecule has 1 atom stereocenters. The second-order valence-corrected chi connectivity index (χ2v) is 7.18. The Labute approximate surface area is 127 Å². The third-order valence-electron chi connectivity index (χ3n) is 3.60. The molecule has 4 heteroatoms. The average molecular weight is 304 g/mol. The molecule has 0 aliphatic rings. The lowest BCUT2D eigenvalue weighted by Gasteiger charge is -2.17. The molecule has 0 spiro atoms. The van der Waals surface area contributed by atoms with Gasteiger partial charge in [0.15, 0.2) is 0 Å². The van der Waals surface area contributed by atoms with Gasteiger partial charge in [0.2, 0.25) is 0 Å². The highest BCUT2D eigenvalue weighted by Gasteiger charge is 2.03. The van der Waals surface area contributed by atoms with E-state index in [1.807, 2.05) is 11.7 Å². The summed E-state index contributed by atoms with van der Waals surface area (Å²) in [5.74, 6) is 0. The van der Waals surface area contributed by atoms with E-state index in [2.05, 4.69) is 13.8 Å². The van der Waals surface area contributed by atoms with E-state index in [0.29, 0.717) is 0 Å². The molecule has 0 aliphatic heterocycles. The lowest BCUT2D eigenvalue weighted by Crippen LogP contribution is -2.23. The minimum absolute atomic E-state index is 0.872. The van der Waals surface area contributed by atoms with Gasteiger partial charge in [-0.05, 0) is 19.3 Å². The Bertz CT molecular complexity index is 221. The molecule has 0 fully saturated rings. The van der Waals surface area contributed by atoms with Gasteiger partial charge >= 0.3 is 7.80 Å². The van der Waals surface area contributed by atoms with Crippen molar-refractivity contribution in [3.05, 3.63) is 0 Å². The van der Waals surface area contributed by atoms with Crippen LogP contribution in [-0.4, -0.2) is 37.6 Å². The Balaban J connectivity index is 3.08. The van der Waals surface area contributed by atoms with E-state index >= 15 is 0 Å². The van der Waals surface area contributed by atoms with Crippen LogP contribution in [0.4, 0.5) is 0 Å². The van der Waals surface area contributed by atoms with Crippen LogP contribution >= 0.6 is 7.80 Å². The van der Waals surface area contributed by atoms with Gasteiger partial charge in [-0.2, -0.15) is 5.06 Å². The molecule has 0 heterocycles. The number of hydrogen-bond acceptors (Lipinski definition) is 3. The number of hydrogen-bond donors (Lipinski definition) is 0. The summed E-state index contributed by atoms with van der Waals surface area (Å²) in [6.07, 6.45) is 12.5. The predicted octanol–water partition coefficient (Wildman–Crippen LogP) is 5.23. The highest BCUT2D eigenvalue weighted by molar-refractivity contribution is 7.43. The quantitative estimate of drug-likeness (QED) is 0.236. The summed E-state index contributed by atoms with van der Waals surface area (Å²) in [6.45, 7) is 8.91. The molecule has 0 saturated carbocycles. The first-order valence-electron chi connectivity index (χ1n) is 8.46. The van der Waals surface area contributed by atoms with E-state index in [1.165, 1.54) is 51.4 Å². The first-order valence-corrected chi connectivity index (χ1v) is 10.4. The molecule has 0 aromatic rings. The second-order valence-electron chi connectivity index (χ2n) is 5.48. The van der Waals surface area contributed by atoms with Crippen molar-refractivity contribution in [3.8, 4) is 0 Å². The van der Waals surface area contributed by atoms with Crippen LogP contribution < -0.4 is 0 Å². The molecule has 0 radical (unpaired) electrons. The Morgan fingerprint density at radius 2 is 1.25 bits per heavy atom. The molecule has 0 aromatic heterocycles. The standard InChI is InChI=1S/C16H35NO2P/c1-4-17(5-2)19-15-13-11-9-7-6-8-10-12-14-16-20(3)18/h4-16H2,1-3H3/q+1. The molecule has 0 aromatic carbocycles. The van der Waals surface area contributed by atoms with E-state index in [-0.39, 0.29) is 0 Å². The SMILES string of the molecule is CCN(CC)OCCCCCCCCCCC[P+](C)=O. The van der Waals surface area contributed by atoms with Gasteiger partial charge in [0.25, 0.3) is 0 Å². The zero-order valence-electron chi connectivity index (χ0n) is 13.9. The molecule has 0 aliphatic carbocycles. The van der Waals surface area contributed by atoms with Gasteiger partial charge in [-0.3, -0.25) is 4.84 Å². The van der Waals surface area contributed by atoms with E-state index in [0.717, 1.165) is 32.3 Å². The average Bonchev–Trinajstić information content (AvgIpc) is 2.44. The van der Waals surface area contributed by atoms with Gasteiger partial charge in [-0.15, -0.1) is 0 Å². The fourth-order valence-electron chi connectivity index (χ4n) is 2.27. The van der Waals surface area contributed by atoms with Crippen LogP contribution in [0.15, 0.2) is 0 Å². The zero-order chi connectivity index (χ0) is 15.1. The third kappa shape index (κ3) is 14.4. The molecule has 0 bridgehead atoms. The summed E-state index contributed by atoms with van der Waals surface area (Å²) in [5, 5.41) is 2.02. The van der Waals surface area contributed by atoms with Gasteiger partial charge in [0.1, 0.15) is 12.8 Å². The molecule has 0 saturated heterocycles. The number of hydroxylamine groups is 2. The molecule has 0 amide bonds.